The van der Waals surface area contributed by atoms with E-state index in [0.29, 0.717) is 0 Å². The molecule has 11 heteroatoms. The third kappa shape index (κ3) is 9.46. The molecule has 3 aromatic rings. The van der Waals surface area contributed by atoms with Crippen molar-refractivity contribution < 1.29 is 52.5 Å². The molecule has 262 valence electrons. The lowest BCUT2D eigenvalue weighted by atomic mass is 9.97. The first-order valence-corrected chi connectivity index (χ1v) is 16.2. The van der Waals surface area contributed by atoms with Gasteiger partial charge in [-0.15, -0.1) is 0 Å². The third-order valence-electron chi connectivity index (χ3n) is 8.63. The number of hydrogen-bond donors (Lipinski definition) is 1. The van der Waals surface area contributed by atoms with Crippen LogP contribution in [0.5, 0.6) is 0 Å². The highest BCUT2D eigenvalue weighted by Crippen LogP contribution is 2.32. The minimum Gasteiger partial charge on any atom is -0.382 e. The summed E-state index contributed by atoms with van der Waals surface area (Å²) >= 11 is 0. The van der Waals surface area contributed by atoms with Gasteiger partial charge in [0, 0.05) is 28.4 Å². The summed E-state index contributed by atoms with van der Waals surface area (Å²) in [6.45, 7) is 1.02. The van der Waals surface area contributed by atoms with Crippen molar-refractivity contribution in [2.24, 2.45) is 0 Å². The van der Waals surface area contributed by atoms with Gasteiger partial charge in [0.1, 0.15) is 48.8 Å². The fourth-order valence-electron chi connectivity index (χ4n) is 6.20. The predicted octanol–water partition coefficient (Wildman–Crippen LogP) is 3.89. The number of hydrogen-bond acceptors (Lipinski definition) is 11. The van der Waals surface area contributed by atoms with E-state index in [9.17, 15) is 5.11 Å². The van der Waals surface area contributed by atoms with E-state index < -0.39 is 61.4 Å². The van der Waals surface area contributed by atoms with Gasteiger partial charge in [0.15, 0.2) is 12.6 Å². The Morgan fingerprint density at radius 1 is 0.479 bits per heavy atom. The molecule has 0 aliphatic carbocycles. The average Bonchev–Trinajstić information content (AvgIpc) is 3.13. The number of ether oxygens (including phenoxy) is 10. The Kier molecular flexibility index (Phi) is 14.3. The van der Waals surface area contributed by atoms with Gasteiger partial charge in [-0.2, -0.15) is 0 Å². The van der Waals surface area contributed by atoms with E-state index >= 15 is 0 Å². The van der Waals surface area contributed by atoms with Crippen LogP contribution in [0.15, 0.2) is 91.0 Å². The van der Waals surface area contributed by atoms with Crippen molar-refractivity contribution >= 4 is 0 Å². The second kappa shape index (κ2) is 18.8. The van der Waals surface area contributed by atoms with Crippen LogP contribution in [-0.2, 0) is 67.2 Å². The molecule has 0 aromatic heterocycles. The SMILES string of the molecule is COC[C@H]1O[C@@H](OC[C@H]2O[C@@H](O)[C@H](OCc3ccccc3)[C@@H](OCc3ccccc3)[C@H]2OCc2ccccc2)[C@H](OC)[C@@H](OC)[C@@H]1OC. The molecule has 11 nitrogen and oxygen atoms in total. The molecule has 0 saturated carbocycles. The zero-order valence-electron chi connectivity index (χ0n) is 28.0. The lowest BCUT2D eigenvalue weighted by Gasteiger charge is -2.46. The van der Waals surface area contributed by atoms with Crippen molar-refractivity contribution in [2.75, 3.05) is 41.7 Å². The quantitative estimate of drug-likeness (QED) is 0.226. The Bertz CT molecular complexity index is 1300. The van der Waals surface area contributed by atoms with Crippen LogP contribution in [0.2, 0.25) is 0 Å². The lowest BCUT2D eigenvalue weighted by molar-refractivity contribution is -0.342. The highest BCUT2D eigenvalue weighted by Gasteiger charge is 2.51. The number of rotatable bonds is 17. The van der Waals surface area contributed by atoms with Gasteiger partial charge >= 0.3 is 0 Å². The predicted molar refractivity (Wildman–Crippen MR) is 175 cm³/mol. The summed E-state index contributed by atoms with van der Waals surface area (Å²) in [4.78, 5) is 0. The van der Waals surface area contributed by atoms with E-state index in [1.165, 1.54) is 0 Å². The summed E-state index contributed by atoms with van der Waals surface area (Å²) in [5, 5.41) is 11.4. The Morgan fingerprint density at radius 3 is 1.42 bits per heavy atom. The van der Waals surface area contributed by atoms with Gasteiger partial charge in [0.05, 0.1) is 33.0 Å². The first-order valence-electron chi connectivity index (χ1n) is 16.2. The van der Waals surface area contributed by atoms with Crippen molar-refractivity contribution in [3.63, 3.8) is 0 Å². The minimum atomic E-state index is -1.34. The van der Waals surface area contributed by atoms with Crippen molar-refractivity contribution in [3.05, 3.63) is 108 Å². The first-order chi connectivity index (χ1) is 23.6. The molecule has 10 atom stereocenters. The minimum absolute atomic E-state index is 0.0224. The van der Waals surface area contributed by atoms with E-state index in [2.05, 4.69) is 0 Å². The van der Waals surface area contributed by atoms with Crippen LogP contribution >= 0.6 is 0 Å². The maximum absolute atomic E-state index is 11.4. The van der Waals surface area contributed by atoms with Crippen LogP contribution in [0.25, 0.3) is 0 Å². The van der Waals surface area contributed by atoms with Gasteiger partial charge in [-0.25, -0.2) is 0 Å². The van der Waals surface area contributed by atoms with Gasteiger partial charge < -0.3 is 52.5 Å². The zero-order chi connectivity index (χ0) is 33.7. The molecule has 2 saturated heterocycles. The van der Waals surface area contributed by atoms with E-state index in [4.69, 9.17) is 47.4 Å². The second-order valence-corrected chi connectivity index (χ2v) is 11.8. The lowest BCUT2D eigenvalue weighted by Crippen LogP contribution is -2.63. The Labute approximate surface area is 282 Å². The van der Waals surface area contributed by atoms with Crippen LogP contribution in [-0.4, -0.2) is 108 Å². The third-order valence-corrected chi connectivity index (χ3v) is 8.63. The van der Waals surface area contributed by atoms with Crippen molar-refractivity contribution in [1.82, 2.24) is 0 Å². The molecule has 1 N–H and O–H groups in total. The Hall–Kier alpha value is -2.78. The molecule has 2 fully saturated rings. The highest BCUT2D eigenvalue weighted by atomic mass is 16.7. The van der Waals surface area contributed by atoms with E-state index in [1.54, 1.807) is 28.4 Å². The zero-order valence-corrected chi connectivity index (χ0v) is 28.0. The normalized spacial score (nSPS) is 30.7. The van der Waals surface area contributed by atoms with E-state index in [1.807, 2.05) is 91.0 Å². The van der Waals surface area contributed by atoms with Gasteiger partial charge in [-0.3, -0.25) is 0 Å². The van der Waals surface area contributed by atoms with E-state index in [0.717, 1.165) is 16.7 Å². The molecule has 48 heavy (non-hydrogen) atoms. The topological polar surface area (TPSA) is 113 Å². The fraction of sp³-hybridized carbons (Fsp3) is 0.514. The van der Waals surface area contributed by atoms with Crippen LogP contribution in [0.1, 0.15) is 16.7 Å². The number of methoxy groups -OCH3 is 4. The highest BCUT2D eigenvalue weighted by molar-refractivity contribution is 5.15. The van der Waals surface area contributed by atoms with Crippen LogP contribution in [0.3, 0.4) is 0 Å². The molecule has 5 rings (SSSR count). The smallest absolute Gasteiger partial charge is 0.187 e. The average molecular weight is 669 g/mol. The molecule has 2 aliphatic rings. The summed E-state index contributed by atoms with van der Waals surface area (Å²) in [5.41, 5.74) is 2.89. The molecule has 2 heterocycles. The number of aliphatic hydroxyl groups is 1. The molecular weight excluding hydrogens is 620 g/mol. The molecule has 0 radical (unpaired) electrons. The van der Waals surface area contributed by atoms with E-state index in [-0.39, 0.29) is 33.0 Å². The molecule has 0 amide bonds. The van der Waals surface area contributed by atoms with Gasteiger partial charge in [-0.05, 0) is 16.7 Å². The Morgan fingerprint density at radius 2 is 0.938 bits per heavy atom. The number of benzene rings is 3. The van der Waals surface area contributed by atoms with Crippen LogP contribution < -0.4 is 0 Å². The summed E-state index contributed by atoms with van der Waals surface area (Å²) in [6, 6.07) is 29.4. The van der Waals surface area contributed by atoms with Crippen molar-refractivity contribution in [2.45, 2.75) is 81.2 Å². The molecule has 2 aliphatic heterocycles. The second-order valence-electron chi connectivity index (χ2n) is 11.8. The molecule has 0 bridgehead atoms. The molecular formula is C37H48O11. The summed E-state index contributed by atoms with van der Waals surface area (Å²) < 4.78 is 61.1. The van der Waals surface area contributed by atoms with Crippen LogP contribution in [0, 0.1) is 0 Å². The Balaban J connectivity index is 1.40. The maximum Gasteiger partial charge on any atom is 0.187 e. The summed E-state index contributed by atoms with van der Waals surface area (Å²) in [7, 11) is 6.34. The van der Waals surface area contributed by atoms with Crippen molar-refractivity contribution in [3.8, 4) is 0 Å². The van der Waals surface area contributed by atoms with Gasteiger partial charge in [0.25, 0.3) is 0 Å². The summed E-state index contributed by atoms with van der Waals surface area (Å²) in [6.07, 6.45) is -7.34. The largest absolute Gasteiger partial charge is 0.382 e. The van der Waals surface area contributed by atoms with Crippen molar-refractivity contribution in [1.29, 1.82) is 0 Å². The standard InChI is InChI=1S/C37H48O11/c1-39-23-28-30(40-2)32(41-3)35(42-4)37(48-28)46-24-29-31(43-20-25-14-8-5-9-15-25)33(44-21-26-16-10-6-11-17-26)34(36(38)47-29)45-22-27-18-12-7-13-19-27/h5-19,28-38H,20-24H2,1-4H3/t28-,29-,30-,31+,32+,33+,34-,35-,36-,37-/m1/s1. The fourth-order valence-corrected chi connectivity index (χ4v) is 6.20. The molecule has 3 aromatic carbocycles. The molecule has 0 spiro atoms. The maximum atomic E-state index is 11.4. The van der Waals surface area contributed by atoms with Crippen LogP contribution in [0.4, 0.5) is 0 Å². The van der Waals surface area contributed by atoms with Gasteiger partial charge in [0.2, 0.25) is 0 Å². The van der Waals surface area contributed by atoms with Gasteiger partial charge in [-0.1, -0.05) is 91.0 Å². The first kappa shape index (κ1) is 36.5. The number of aliphatic hydroxyl groups excluding tert-OH is 1. The monoisotopic (exact) mass is 668 g/mol. The summed E-state index contributed by atoms with van der Waals surface area (Å²) in [5.74, 6) is 0. The molecule has 0 unspecified atom stereocenters.